The second-order valence-corrected chi connectivity index (χ2v) is 5.52. The maximum absolute atomic E-state index is 11.3. The van der Waals surface area contributed by atoms with Gasteiger partial charge in [-0.05, 0) is 19.1 Å². The van der Waals surface area contributed by atoms with E-state index in [9.17, 15) is 9.90 Å². The van der Waals surface area contributed by atoms with Crippen LogP contribution in [0.3, 0.4) is 0 Å². The van der Waals surface area contributed by atoms with Crippen molar-refractivity contribution in [3.05, 3.63) is 40.2 Å². The molecule has 2 aromatic rings. The highest BCUT2D eigenvalue weighted by molar-refractivity contribution is 5.79. The number of benzene rings is 1. The molecule has 6 nitrogen and oxygen atoms in total. The zero-order valence-electron chi connectivity index (χ0n) is 11.5. The van der Waals surface area contributed by atoms with Gasteiger partial charge < -0.3 is 23.7 Å². The molecule has 0 aliphatic carbocycles. The van der Waals surface area contributed by atoms with Crippen LogP contribution in [0, 0.1) is 0 Å². The molecule has 0 amide bonds. The number of epoxide rings is 1. The van der Waals surface area contributed by atoms with E-state index in [1.165, 1.54) is 13.2 Å². The molecule has 4 rings (SSSR count). The highest BCUT2D eigenvalue weighted by Gasteiger charge is 2.68. The topological polar surface area (TPSA) is 81.4 Å². The monoisotopic (exact) mass is 290 g/mol. The summed E-state index contributed by atoms with van der Waals surface area (Å²) in [4.78, 5) is 11.3. The molecule has 1 aromatic carbocycles. The summed E-state index contributed by atoms with van der Waals surface area (Å²) in [5.41, 5.74) is 0.154. The van der Waals surface area contributed by atoms with Gasteiger partial charge in [0.05, 0.1) is 7.11 Å². The minimum atomic E-state index is -0.957. The maximum atomic E-state index is 11.3. The van der Waals surface area contributed by atoms with Crippen molar-refractivity contribution in [2.24, 2.45) is 0 Å². The van der Waals surface area contributed by atoms with Crippen molar-refractivity contribution < 1.29 is 23.7 Å². The first kappa shape index (κ1) is 12.8. The van der Waals surface area contributed by atoms with Crippen molar-refractivity contribution in [3.63, 3.8) is 0 Å². The van der Waals surface area contributed by atoms with E-state index in [-0.39, 0.29) is 6.10 Å². The number of fused-ring (bicyclic) bond motifs is 2. The van der Waals surface area contributed by atoms with Crippen LogP contribution in [0.1, 0.15) is 18.6 Å². The fourth-order valence-corrected chi connectivity index (χ4v) is 2.90. The zero-order chi connectivity index (χ0) is 14.8. The smallest absolute Gasteiger partial charge is 0.336 e. The molecule has 2 fully saturated rings. The van der Waals surface area contributed by atoms with E-state index < -0.39 is 23.6 Å². The van der Waals surface area contributed by atoms with Gasteiger partial charge >= 0.3 is 5.63 Å². The summed E-state index contributed by atoms with van der Waals surface area (Å²) in [7, 11) is 1.53. The average molecular weight is 290 g/mol. The number of rotatable bonds is 2. The van der Waals surface area contributed by atoms with Crippen molar-refractivity contribution in [2.45, 2.75) is 31.0 Å². The molecule has 6 heteroatoms. The van der Waals surface area contributed by atoms with Crippen LogP contribution in [0.5, 0.6) is 5.75 Å². The molecule has 4 atom stereocenters. The van der Waals surface area contributed by atoms with Crippen molar-refractivity contribution in [2.75, 3.05) is 7.11 Å². The van der Waals surface area contributed by atoms with Crippen LogP contribution in [0.2, 0.25) is 0 Å². The molecule has 0 radical (unpaired) electrons. The molecule has 2 aliphatic rings. The lowest BCUT2D eigenvalue weighted by Crippen LogP contribution is -2.24. The summed E-state index contributed by atoms with van der Waals surface area (Å²) >= 11 is 0. The average Bonchev–Trinajstić information content (AvgIpc) is 3.09. The van der Waals surface area contributed by atoms with E-state index in [4.69, 9.17) is 18.6 Å². The first-order chi connectivity index (χ1) is 10.0. The van der Waals surface area contributed by atoms with Gasteiger partial charge in [-0.1, -0.05) is 0 Å². The van der Waals surface area contributed by atoms with Gasteiger partial charge in [0.2, 0.25) is 0 Å². The second-order valence-electron chi connectivity index (χ2n) is 5.52. The molecule has 3 unspecified atom stereocenters. The SMILES string of the molecule is COc1cc2oc(=O)ccc2cc1C1OC(O)[C@]2(C)OC12. The van der Waals surface area contributed by atoms with Crippen LogP contribution < -0.4 is 10.4 Å². The van der Waals surface area contributed by atoms with E-state index in [2.05, 4.69) is 0 Å². The van der Waals surface area contributed by atoms with Crippen molar-refractivity contribution in [1.29, 1.82) is 0 Å². The van der Waals surface area contributed by atoms with Gasteiger partial charge in [-0.3, -0.25) is 0 Å². The van der Waals surface area contributed by atoms with Gasteiger partial charge in [-0.2, -0.15) is 0 Å². The minimum Gasteiger partial charge on any atom is -0.496 e. The predicted molar refractivity (Wildman–Crippen MR) is 72.1 cm³/mol. The fourth-order valence-electron chi connectivity index (χ4n) is 2.90. The molecular weight excluding hydrogens is 276 g/mol. The maximum Gasteiger partial charge on any atom is 0.336 e. The lowest BCUT2D eigenvalue weighted by molar-refractivity contribution is -0.160. The summed E-state index contributed by atoms with van der Waals surface area (Å²) in [5.74, 6) is 0.536. The Labute approximate surface area is 119 Å². The quantitative estimate of drug-likeness (QED) is 0.664. The molecule has 21 heavy (non-hydrogen) atoms. The fraction of sp³-hybridized carbons (Fsp3) is 0.400. The largest absolute Gasteiger partial charge is 0.496 e. The van der Waals surface area contributed by atoms with Gasteiger partial charge in [0.1, 0.15) is 29.1 Å². The van der Waals surface area contributed by atoms with Gasteiger partial charge in [-0.15, -0.1) is 0 Å². The van der Waals surface area contributed by atoms with Crippen LogP contribution in [0.4, 0.5) is 0 Å². The third-order valence-electron chi connectivity index (χ3n) is 4.21. The Kier molecular flexibility index (Phi) is 2.48. The Morgan fingerprint density at radius 2 is 2.14 bits per heavy atom. The third-order valence-corrected chi connectivity index (χ3v) is 4.21. The third kappa shape index (κ3) is 1.73. The Morgan fingerprint density at radius 1 is 1.33 bits per heavy atom. The molecule has 0 saturated carbocycles. The summed E-state index contributed by atoms with van der Waals surface area (Å²) in [5, 5.41) is 10.7. The van der Waals surface area contributed by atoms with Gasteiger partial charge in [-0.25, -0.2) is 4.79 Å². The van der Waals surface area contributed by atoms with Gasteiger partial charge in [0, 0.05) is 23.1 Å². The van der Waals surface area contributed by atoms with Crippen LogP contribution in [0.25, 0.3) is 11.0 Å². The Morgan fingerprint density at radius 3 is 2.76 bits per heavy atom. The standard InChI is InChI=1S/C15H14O6/c1-15-13(21-15)12(20-14(15)17)8-5-7-3-4-11(16)19-9(7)6-10(8)18-2/h3-6,12-14,17H,1-2H3/t12?,13?,14?,15-/m1/s1. The number of aliphatic hydroxyl groups is 1. The predicted octanol–water partition coefficient (Wildman–Crippen LogP) is 1.35. The number of aliphatic hydroxyl groups excluding tert-OH is 1. The van der Waals surface area contributed by atoms with Crippen LogP contribution >= 0.6 is 0 Å². The number of methoxy groups -OCH3 is 1. The van der Waals surface area contributed by atoms with E-state index in [0.717, 1.165) is 10.9 Å². The van der Waals surface area contributed by atoms with E-state index >= 15 is 0 Å². The molecule has 2 saturated heterocycles. The van der Waals surface area contributed by atoms with Gasteiger partial charge in [0.25, 0.3) is 0 Å². The van der Waals surface area contributed by atoms with E-state index in [1.807, 2.05) is 13.0 Å². The number of ether oxygens (including phenoxy) is 3. The summed E-state index contributed by atoms with van der Waals surface area (Å²) in [6, 6.07) is 6.53. The summed E-state index contributed by atoms with van der Waals surface area (Å²) in [6.07, 6.45) is -1.56. The van der Waals surface area contributed by atoms with E-state index in [1.54, 1.807) is 12.1 Å². The Balaban J connectivity index is 1.85. The van der Waals surface area contributed by atoms with Crippen LogP contribution in [-0.2, 0) is 9.47 Å². The van der Waals surface area contributed by atoms with Crippen LogP contribution in [0.15, 0.2) is 33.5 Å². The van der Waals surface area contributed by atoms with Crippen molar-refractivity contribution in [3.8, 4) is 5.75 Å². The molecule has 110 valence electrons. The summed E-state index contributed by atoms with van der Waals surface area (Å²) in [6.45, 7) is 1.81. The second kappa shape index (κ2) is 4.07. The first-order valence-corrected chi connectivity index (χ1v) is 6.66. The molecule has 1 aromatic heterocycles. The number of hydrogen-bond donors (Lipinski definition) is 1. The molecular formula is C15H14O6. The Hall–Kier alpha value is -1.89. The highest BCUT2D eigenvalue weighted by atomic mass is 16.7. The lowest BCUT2D eigenvalue weighted by atomic mass is 9.99. The van der Waals surface area contributed by atoms with Gasteiger partial charge in [0.15, 0.2) is 6.29 Å². The summed E-state index contributed by atoms with van der Waals surface area (Å²) < 4.78 is 21.6. The number of hydrogen-bond acceptors (Lipinski definition) is 6. The first-order valence-electron chi connectivity index (χ1n) is 6.66. The minimum absolute atomic E-state index is 0.199. The van der Waals surface area contributed by atoms with E-state index in [0.29, 0.717) is 11.3 Å². The van der Waals surface area contributed by atoms with Crippen molar-refractivity contribution in [1.82, 2.24) is 0 Å². The normalized spacial score (nSPS) is 34.0. The molecule has 1 N–H and O–H groups in total. The molecule has 0 bridgehead atoms. The highest BCUT2D eigenvalue weighted by Crippen LogP contribution is 2.56. The molecule has 0 spiro atoms. The van der Waals surface area contributed by atoms with Crippen LogP contribution in [-0.4, -0.2) is 30.2 Å². The molecule has 2 aliphatic heterocycles. The zero-order valence-corrected chi connectivity index (χ0v) is 11.5. The lowest BCUT2D eigenvalue weighted by Gasteiger charge is -2.18. The van der Waals surface area contributed by atoms with Crippen molar-refractivity contribution >= 4 is 11.0 Å². The Bertz CT molecular complexity index is 781. The molecule has 3 heterocycles.